The van der Waals surface area contributed by atoms with E-state index < -0.39 is 23.3 Å². The molecule has 0 aliphatic heterocycles. The topological polar surface area (TPSA) is 0 Å². The molecule has 0 aliphatic carbocycles. The summed E-state index contributed by atoms with van der Waals surface area (Å²) in [7, 11) is 0. The lowest BCUT2D eigenvalue weighted by Crippen LogP contribution is -2.09. The van der Waals surface area contributed by atoms with Crippen molar-refractivity contribution < 1.29 is 17.6 Å². The van der Waals surface area contributed by atoms with Crippen LogP contribution >= 0.6 is 0 Å². The van der Waals surface area contributed by atoms with E-state index in [1.807, 2.05) is 20.8 Å². The van der Waals surface area contributed by atoms with Gasteiger partial charge in [-0.2, -0.15) is 0 Å². The Labute approximate surface area is 112 Å². The van der Waals surface area contributed by atoms with Crippen molar-refractivity contribution in [2.75, 3.05) is 0 Å². The number of hydrogen-bond acceptors (Lipinski definition) is 0. The molecule has 0 saturated heterocycles. The highest BCUT2D eigenvalue weighted by Crippen LogP contribution is 2.34. The van der Waals surface area contributed by atoms with Crippen molar-refractivity contribution in [3.05, 3.63) is 47.6 Å². The van der Waals surface area contributed by atoms with Gasteiger partial charge in [0.15, 0.2) is 17.5 Å². The SMILES string of the molecule is C=C(CC(=C)C(C)(C)C)/C(F)=C(F)\C(F)=C(\F)CC. The summed E-state index contributed by atoms with van der Waals surface area (Å²) in [4.78, 5) is 0. The molecule has 0 aliphatic rings. The van der Waals surface area contributed by atoms with Crippen LogP contribution in [0, 0.1) is 5.41 Å². The van der Waals surface area contributed by atoms with E-state index in [1.54, 1.807) is 0 Å². The average molecular weight is 276 g/mol. The van der Waals surface area contributed by atoms with Crippen LogP contribution in [0.5, 0.6) is 0 Å². The largest absolute Gasteiger partial charge is 0.209 e. The minimum atomic E-state index is -1.84. The van der Waals surface area contributed by atoms with Crippen LogP contribution in [-0.4, -0.2) is 0 Å². The molecule has 108 valence electrons. The fourth-order valence-electron chi connectivity index (χ4n) is 1.13. The van der Waals surface area contributed by atoms with Gasteiger partial charge in [0.1, 0.15) is 5.83 Å². The van der Waals surface area contributed by atoms with Crippen molar-refractivity contribution in [2.45, 2.75) is 40.5 Å². The van der Waals surface area contributed by atoms with Gasteiger partial charge in [0.2, 0.25) is 0 Å². The molecule has 0 bridgehead atoms. The Morgan fingerprint density at radius 1 is 0.895 bits per heavy atom. The molecule has 0 nitrogen and oxygen atoms in total. The average Bonchev–Trinajstić information content (AvgIpc) is 2.33. The van der Waals surface area contributed by atoms with Crippen LogP contribution in [0.15, 0.2) is 47.6 Å². The first-order valence-electron chi connectivity index (χ1n) is 5.98. The van der Waals surface area contributed by atoms with E-state index in [2.05, 4.69) is 13.2 Å². The Hall–Kier alpha value is -1.32. The zero-order valence-electron chi connectivity index (χ0n) is 11.8. The summed E-state index contributed by atoms with van der Waals surface area (Å²) in [6.07, 6.45) is -0.350. The third-order valence-electron chi connectivity index (χ3n) is 2.73. The molecule has 0 rings (SSSR count). The molecule has 0 radical (unpaired) electrons. The van der Waals surface area contributed by atoms with Gasteiger partial charge in [-0.05, 0) is 23.8 Å². The van der Waals surface area contributed by atoms with E-state index in [0.717, 1.165) is 0 Å². The lowest BCUT2D eigenvalue weighted by Gasteiger charge is -2.22. The second-order valence-electron chi connectivity index (χ2n) is 5.33. The maximum Gasteiger partial charge on any atom is 0.197 e. The second-order valence-corrected chi connectivity index (χ2v) is 5.33. The third-order valence-corrected chi connectivity index (χ3v) is 2.73. The molecule has 0 saturated carbocycles. The van der Waals surface area contributed by atoms with Crippen LogP contribution in [0.25, 0.3) is 0 Å². The van der Waals surface area contributed by atoms with Crippen molar-refractivity contribution in [1.82, 2.24) is 0 Å². The first-order valence-corrected chi connectivity index (χ1v) is 5.98. The minimum Gasteiger partial charge on any atom is -0.209 e. The zero-order valence-corrected chi connectivity index (χ0v) is 11.8. The van der Waals surface area contributed by atoms with Crippen LogP contribution in [-0.2, 0) is 0 Å². The maximum atomic E-state index is 13.6. The molecule has 0 amide bonds. The molecule has 0 aromatic carbocycles. The molecule has 4 heteroatoms. The summed E-state index contributed by atoms with van der Waals surface area (Å²) in [6.45, 7) is 14.0. The van der Waals surface area contributed by atoms with E-state index in [0.29, 0.717) is 5.57 Å². The first-order chi connectivity index (χ1) is 8.52. The van der Waals surface area contributed by atoms with Gasteiger partial charge in [-0.15, -0.1) is 0 Å². The predicted molar refractivity (Wildman–Crippen MR) is 71.1 cm³/mol. The number of allylic oxidation sites excluding steroid dienone is 6. The van der Waals surface area contributed by atoms with Gasteiger partial charge >= 0.3 is 0 Å². The van der Waals surface area contributed by atoms with Crippen LogP contribution < -0.4 is 0 Å². The fourth-order valence-corrected chi connectivity index (χ4v) is 1.13. The van der Waals surface area contributed by atoms with Gasteiger partial charge in [0.25, 0.3) is 0 Å². The summed E-state index contributed by atoms with van der Waals surface area (Å²) < 4.78 is 53.0. The number of rotatable bonds is 5. The smallest absolute Gasteiger partial charge is 0.197 e. The highest BCUT2D eigenvalue weighted by Gasteiger charge is 2.21. The van der Waals surface area contributed by atoms with Crippen molar-refractivity contribution in [3.8, 4) is 0 Å². The number of hydrogen-bond donors (Lipinski definition) is 0. The van der Waals surface area contributed by atoms with Gasteiger partial charge in [-0.1, -0.05) is 46.4 Å². The Bertz CT molecular complexity index is 434. The molecular weight excluding hydrogens is 256 g/mol. The van der Waals surface area contributed by atoms with Gasteiger partial charge in [-0.25, -0.2) is 17.6 Å². The van der Waals surface area contributed by atoms with Crippen molar-refractivity contribution in [2.24, 2.45) is 5.41 Å². The Morgan fingerprint density at radius 2 is 1.37 bits per heavy atom. The highest BCUT2D eigenvalue weighted by molar-refractivity contribution is 5.36. The van der Waals surface area contributed by atoms with Gasteiger partial charge < -0.3 is 0 Å². The molecule has 19 heavy (non-hydrogen) atoms. The first kappa shape index (κ1) is 17.7. The molecule has 0 atom stereocenters. The normalized spacial score (nSPS) is 14.7. The number of halogens is 4. The van der Waals surface area contributed by atoms with E-state index in [1.165, 1.54) is 6.92 Å². The molecule has 0 heterocycles. The molecule has 0 N–H and O–H groups in total. The monoisotopic (exact) mass is 276 g/mol. The van der Waals surface area contributed by atoms with Gasteiger partial charge in [0.05, 0.1) is 0 Å². The summed E-state index contributed by atoms with van der Waals surface area (Å²) in [5.74, 6) is -6.44. The van der Waals surface area contributed by atoms with Crippen molar-refractivity contribution in [1.29, 1.82) is 0 Å². The van der Waals surface area contributed by atoms with Crippen LogP contribution in [0.3, 0.4) is 0 Å². The van der Waals surface area contributed by atoms with Crippen molar-refractivity contribution >= 4 is 0 Å². The minimum absolute atomic E-state index is 0.0101. The Kier molecular flexibility index (Phi) is 6.27. The summed E-state index contributed by atoms with van der Waals surface area (Å²) in [6, 6.07) is 0. The predicted octanol–water partition coefficient (Wildman–Crippen LogP) is 6.25. The lowest BCUT2D eigenvalue weighted by atomic mass is 9.84. The Morgan fingerprint density at radius 3 is 1.74 bits per heavy atom. The van der Waals surface area contributed by atoms with E-state index in [9.17, 15) is 17.6 Å². The fraction of sp³-hybridized carbons (Fsp3) is 0.467. The lowest BCUT2D eigenvalue weighted by molar-refractivity contribution is 0.454. The van der Waals surface area contributed by atoms with Crippen molar-refractivity contribution in [3.63, 3.8) is 0 Å². The third kappa shape index (κ3) is 5.05. The molecule has 0 aromatic heterocycles. The van der Waals surface area contributed by atoms with Crippen LogP contribution in [0.4, 0.5) is 17.6 Å². The van der Waals surface area contributed by atoms with E-state index in [4.69, 9.17) is 0 Å². The van der Waals surface area contributed by atoms with E-state index in [-0.39, 0.29) is 23.8 Å². The highest BCUT2D eigenvalue weighted by atomic mass is 19.2. The Balaban J connectivity index is 5.17. The van der Waals surface area contributed by atoms with Gasteiger partial charge in [-0.3, -0.25) is 0 Å². The molecular formula is C15H20F4. The quantitative estimate of drug-likeness (QED) is 0.316. The summed E-state index contributed by atoms with van der Waals surface area (Å²) in [5.41, 5.74) is 0.0697. The van der Waals surface area contributed by atoms with E-state index >= 15 is 0 Å². The summed E-state index contributed by atoms with van der Waals surface area (Å²) >= 11 is 0. The molecule has 0 unspecified atom stereocenters. The van der Waals surface area contributed by atoms with Crippen LogP contribution in [0.1, 0.15) is 40.5 Å². The summed E-state index contributed by atoms with van der Waals surface area (Å²) in [5, 5.41) is 0. The maximum absolute atomic E-state index is 13.6. The zero-order chi connectivity index (χ0) is 15.4. The second kappa shape index (κ2) is 6.73. The van der Waals surface area contributed by atoms with Crippen LogP contribution in [0.2, 0.25) is 0 Å². The van der Waals surface area contributed by atoms with Gasteiger partial charge in [0, 0.05) is 0 Å². The standard InChI is InChI=1S/C15H20F4/c1-7-11(16)13(18)14(19)12(17)9(2)8-10(3)15(4,5)6/h2-3,7-8H2,1,4-6H3/b13-11-,14-12-. The molecule has 0 spiro atoms. The molecule has 0 aromatic rings. The molecule has 0 fully saturated rings.